The lowest BCUT2D eigenvalue weighted by Crippen LogP contribution is -2.29. The maximum absolute atomic E-state index is 10.7. The molecule has 2 aromatic carbocycles. The van der Waals surface area contributed by atoms with E-state index in [0.717, 1.165) is 12.0 Å². The van der Waals surface area contributed by atoms with Gasteiger partial charge in [0, 0.05) is 11.6 Å². The highest BCUT2D eigenvalue weighted by atomic mass is 16.4. The molecule has 1 N–H and O–H groups in total. The molecule has 0 saturated heterocycles. The highest BCUT2D eigenvalue weighted by molar-refractivity contribution is 5.82. The normalized spacial score (nSPS) is 11.8. The Kier molecular flexibility index (Phi) is 4.18. The SMILES string of the molecule is CCC(c1ccccc1)c1ccccc1NC(=O)[O-]. The summed E-state index contributed by atoms with van der Waals surface area (Å²) in [4.78, 5) is 10.7. The number of benzene rings is 2. The van der Waals surface area contributed by atoms with Crippen LogP contribution in [0.2, 0.25) is 0 Å². The average Bonchev–Trinajstić information content (AvgIpc) is 2.42. The summed E-state index contributed by atoms with van der Waals surface area (Å²) in [6.07, 6.45) is -0.384. The van der Waals surface area contributed by atoms with Crippen molar-refractivity contribution in [2.45, 2.75) is 19.3 Å². The minimum Gasteiger partial charge on any atom is -0.530 e. The zero-order valence-corrected chi connectivity index (χ0v) is 10.8. The molecule has 2 aromatic rings. The van der Waals surface area contributed by atoms with E-state index < -0.39 is 6.09 Å². The predicted molar refractivity (Wildman–Crippen MR) is 74.0 cm³/mol. The van der Waals surface area contributed by atoms with Crippen molar-refractivity contribution in [2.24, 2.45) is 0 Å². The van der Waals surface area contributed by atoms with Crippen LogP contribution in [0.5, 0.6) is 0 Å². The third kappa shape index (κ3) is 3.13. The lowest BCUT2D eigenvalue weighted by Gasteiger charge is -2.20. The minimum atomic E-state index is -1.28. The smallest absolute Gasteiger partial charge is 0.138 e. The van der Waals surface area contributed by atoms with Crippen LogP contribution in [0.3, 0.4) is 0 Å². The van der Waals surface area contributed by atoms with Gasteiger partial charge in [-0.1, -0.05) is 55.5 Å². The molecule has 3 nitrogen and oxygen atoms in total. The van der Waals surface area contributed by atoms with E-state index >= 15 is 0 Å². The minimum absolute atomic E-state index is 0.171. The van der Waals surface area contributed by atoms with Gasteiger partial charge >= 0.3 is 0 Å². The van der Waals surface area contributed by atoms with Crippen LogP contribution >= 0.6 is 0 Å². The predicted octanol–water partition coefficient (Wildman–Crippen LogP) is 2.98. The van der Waals surface area contributed by atoms with Crippen molar-refractivity contribution in [3.63, 3.8) is 0 Å². The van der Waals surface area contributed by atoms with Crippen molar-refractivity contribution >= 4 is 11.8 Å². The Morgan fingerprint density at radius 1 is 1.11 bits per heavy atom. The first-order valence-electron chi connectivity index (χ1n) is 6.34. The van der Waals surface area contributed by atoms with Gasteiger partial charge in [0.1, 0.15) is 6.09 Å². The second-order valence-corrected chi connectivity index (χ2v) is 4.37. The lowest BCUT2D eigenvalue weighted by atomic mass is 9.88. The van der Waals surface area contributed by atoms with E-state index in [1.807, 2.05) is 36.4 Å². The van der Waals surface area contributed by atoms with E-state index in [1.165, 1.54) is 5.56 Å². The molecule has 0 spiro atoms. The van der Waals surface area contributed by atoms with Gasteiger partial charge in [-0.15, -0.1) is 0 Å². The molecule has 19 heavy (non-hydrogen) atoms. The number of nitrogens with one attached hydrogen (secondary N) is 1. The number of carbonyl (C=O) groups is 1. The number of anilines is 1. The van der Waals surface area contributed by atoms with Crippen molar-refractivity contribution in [1.82, 2.24) is 0 Å². The molecule has 0 bridgehead atoms. The fourth-order valence-corrected chi connectivity index (χ4v) is 2.35. The van der Waals surface area contributed by atoms with E-state index in [2.05, 4.69) is 24.4 Å². The zero-order chi connectivity index (χ0) is 13.7. The van der Waals surface area contributed by atoms with Crippen LogP contribution < -0.4 is 10.4 Å². The summed E-state index contributed by atoms with van der Waals surface area (Å²) in [5, 5.41) is 13.1. The summed E-state index contributed by atoms with van der Waals surface area (Å²) in [5.74, 6) is 0.171. The molecule has 2 rings (SSSR count). The van der Waals surface area contributed by atoms with E-state index in [-0.39, 0.29) is 5.92 Å². The standard InChI is InChI=1S/C16H17NO2/c1-2-13(12-8-4-3-5-9-12)14-10-6-7-11-15(14)17-16(18)19/h3-11,13,17H,2H2,1H3,(H,18,19)/p-1. The molecule has 0 aliphatic rings. The first-order valence-corrected chi connectivity index (χ1v) is 6.34. The third-order valence-electron chi connectivity index (χ3n) is 3.18. The Morgan fingerprint density at radius 2 is 1.74 bits per heavy atom. The van der Waals surface area contributed by atoms with Gasteiger partial charge in [-0.3, -0.25) is 0 Å². The molecule has 0 saturated carbocycles. The largest absolute Gasteiger partial charge is 0.530 e. The number of hydrogen-bond donors (Lipinski definition) is 1. The number of hydrogen-bond acceptors (Lipinski definition) is 2. The fraction of sp³-hybridized carbons (Fsp3) is 0.188. The summed E-state index contributed by atoms with van der Waals surface area (Å²) in [6, 6.07) is 17.5. The molecule has 0 aliphatic heterocycles. The lowest BCUT2D eigenvalue weighted by molar-refractivity contribution is -0.242. The summed E-state index contributed by atoms with van der Waals surface area (Å²) >= 11 is 0. The second kappa shape index (κ2) is 6.05. The van der Waals surface area contributed by atoms with Crippen LogP contribution in [0, 0.1) is 0 Å². The molecule has 98 valence electrons. The Hall–Kier alpha value is -2.29. The fourth-order valence-electron chi connectivity index (χ4n) is 2.35. The van der Waals surface area contributed by atoms with Crippen LogP contribution in [0.1, 0.15) is 30.4 Å². The van der Waals surface area contributed by atoms with Gasteiger partial charge in [-0.2, -0.15) is 0 Å². The van der Waals surface area contributed by atoms with Gasteiger partial charge in [-0.05, 0) is 23.6 Å². The second-order valence-electron chi connectivity index (χ2n) is 4.37. The monoisotopic (exact) mass is 254 g/mol. The quantitative estimate of drug-likeness (QED) is 0.911. The Bertz CT molecular complexity index is 552. The summed E-state index contributed by atoms with van der Waals surface area (Å²) in [6.45, 7) is 2.09. The Morgan fingerprint density at radius 3 is 2.37 bits per heavy atom. The number of amides is 1. The van der Waals surface area contributed by atoms with E-state index in [9.17, 15) is 9.90 Å². The summed E-state index contributed by atoms with van der Waals surface area (Å²) < 4.78 is 0. The number of carboxylic acid groups (broad SMARTS) is 1. The van der Waals surface area contributed by atoms with Crippen molar-refractivity contribution in [1.29, 1.82) is 0 Å². The Labute approximate surface area is 112 Å². The molecule has 1 amide bonds. The highest BCUT2D eigenvalue weighted by Gasteiger charge is 2.15. The number of carbonyl (C=O) groups excluding carboxylic acids is 1. The molecule has 1 unspecified atom stereocenters. The first-order chi connectivity index (χ1) is 9.22. The van der Waals surface area contributed by atoms with Crippen LogP contribution in [-0.4, -0.2) is 6.09 Å². The van der Waals surface area contributed by atoms with E-state index in [1.54, 1.807) is 6.07 Å². The van der Waals surface area contributed by atoms with Crippen LogP contribution in [0.25, 0.3) is 0 Å². The maximum atomic E-state index is 10.7. The van der Waals surface area contributed by atoms with Gasteiger partial charge in [0.05, 0.1) is 0 Å². The van der Waals surface area contributed by atoms with Crippen LogP contribution in [-0.2, 0) is 0 Å². The maximum Gasteiger partial charge on any atom is 0.138 e. The van der Waals surface area contributed by atoms with E-state index in [0.29, 0.717) is 5.69 Å². The molecule has 1 atom stereocenters. The molecular weight excluding hydrogens is 238 g/mol. The number of para-hydroxylation sites is 1. The van der Waals surface area contributed by atoms with Crippen molar-refractivity contribution in [3.8, 4) is 0 Å². The van der Waals surface area contributed by atoms with Gasteiger partial charge in [0.15, 0.2) is 0 Å². The van der Waals surface area contributed by atoms with Crippen molar-refractivity contribution in [2.75, 3.05) is 5.32 Å². The molecule has 0 aromatic heterocycles. The third-order valence-corrected chi connectivity index (χ3v) is 3.18. The molecule has 0 aliphatic carbocycles. The van der Waals surface area contributed by atoms with Crippen molar-refractivity contribution in [3.05, 3.63) is 65.7 Å². The van der Waals surface area contributed by atoms with Crippen LogP contribution in [0.15, 0.2) is 54.6 Å². The molecule has 0 heterocycles. The first kappa shape index (κ1) is 13.1. The Balaban J connectivity index is 2.41. The summed E-state index contributed by atoms with van der Waals surface area (Å²) in [7, 11) is 0. The van der Waals surface area contributed by atoms with Gasteiger partial charge < -0.3 is 15.2 Å². The van der Waals surface area contributed by atoms with Crippen LogP contribution in [0.4, 0.5) is 10.5 Å². The number of rotatable bonds is 4. The molecule has 0 radical (unpaired) electrons. The molecule has 3 heteroatoms. The molecule has 0 fully saturated rings. The average molecular weight is 254 g/mol. The summed E-state index contributed by atoms with van der Waals surface area (Å²) in [5.41, 5.74) is 2.75. The van der Waals surface area contributed by atoms with Gasteiger partial charge in [0.25, 0.3) is 0 Å². The van der Waals surface area contributed by atoms with Gasteiger partial charge in [-0.25, -0.2) is 0 Å². The van der Waals surface area contributed by atoms with Crippen molar-refractivity contribution < 1.29 is 9.90 Å². The highest BCUT2D eigenvalue weighted by Crippen LogP contribution is 2.32. The van der Waals surface area contributed by atoms with E-state index in [4.69, 9.17) is 0 Å². The topological polar surface area (TPSA) is 52.2 Å². The zero-order valence-electron chi connectivity index (χ0n) is 10.8. The van der Waals surface area contributed by atoms with Gasteiger partial charge in [0.2, 0.25) is 0 Å². The molecular formula is C16H16NO2-.